The molecule has 0 aromatic heterocycles. The second kappa shape index (κ2) is 12.5. The number of benzene rings is 2. The third-order valence-electron chi connectivity index (χ3n) is 5.55. The maximum absolute atomic E-state index is 13.8. The predicted molar refractivity (Wildman–Crippen MR) is 148 cm³/mol. The number of para-hydroxylation sites is 1. The number of aryl methyl sites for hydroxylation is 3. The Hall–Kier alpha value is -2.71. The number of rotatable bonds is 8. The fourth-order valence-electron chi connectivity index (χ4n) is 3.79. The van der Waals surface area contributed by atoms with Crippen molar-refractivity contribution in [2.45, 2.75) is 66.2 Å². The van der Waals surface area contributed by atoms with Crippen LogP contribution in [0.4, 0.5) is 10.5 Å². The van der Waals surface area contributed by atoms with Gasteiger partial charge in [0.05, 0.1) is 10.7 Å². The topological polar surface area (TPSA) is 87.7 Å². The molecule has 0 heterocycles. The van der Waals surface area contributed by atoms with E-state index in [1.54, 1.807) is 39.8 Å². The van der Waals surface area contributed by atoms with E-state index in [1.807, 2.05) is 45.0 Å². The fraction of sp³-hybridized carbons (Fsp3) is 0.444. The van der Waals surface area contributed by atoms with Crippen LogP contribution in [0.3, 0.4) is 0 Å². The number of anilines is 1. The number of thiol groups is 1. The van der Waals surface area contributed by atoms with E-state index in [0.717, 1.165) is 16.7 Å². The van der Waals surface area contributed by atoms with Crippen LogP contribution in [0.5, 0.6) is 0 Å². The van der Waals surface area contributed by atoms with Crippen LogP contribution in [0, 0.1) is 20.8 Å². The van der Waals surface area contributed by atoms with Crippen LogP contribution in [0.25, 0.3) is 0 Å². The van der Waals surface area contributed by atoms with Gasteiger partial charge in [0, 0.05) is 12.3 Å². The molecule has 0 aliphatic rings. The first-order valence-corrected chi connectivity index (χ1v) is 12.8. The number of amides is 3. The molecule has 0 bridgehead atoms. The number of alkyl carbamates (subject to hydrolysis) is 1. The first-order chi connectivity index (χ1) is 16.8. The smallest absolute Gasteiger partial charge is 0.408 e. The second-order valence-electron chi connectivity index (χ2n) is 9.69. The van der Waals surface area contributed by atoms with Gasteiger partial charge in [-0.2, -0.15) is 12.6 Å². The molecule has 0 aliphatic heterocycles. The molecule has 36 heavy (non-hydrogen) atoms. The summed E-state index contributed by atoms with van der Waals surface area (Å²) in [6, 6.07) is 9.14. The number of carbonyl (C=O) groups excluding carboxylic acids is 3. The van der Waals surface area contributed by atoms with Gasteiger partial charge in [0.15, 0.2) is 0 Å². The van der Waals surface area contributed by atoms with Crippen LogP contribution >= 0.6 is 24.2 Å². The van der Waals surface area contributed by atoms with Gasteiger partial charge < -0.3 is 20.3 Å². The lowest BCUT2D eigenvalue weighted by Gasteiger charge is -2.34. The minimum Gasteiger partial charge on any atom is -0.444 e. The van der Waals surface area contributed by atoms with Crippen molar-refractivity contribution in [3.63, 3.8) is 0 Å². The van der Waals surface area contributed by atoms with Crippen LogP contribution in [-0.4, -0.2) is 46.7 Å². The van der Waals surface area contributed by atoms with Gasteiger partial charge >= 0.3 is 6.09 Å². The lowest BCUT2D eigenvalue weighted by Crippen LogP contribution is -2.53. The molecule has 2 atom stereocenters. The Balaban J connectivity index is 2.50. The molecule has 0 aliphatic carbocycles. The highest BCUT2D eigenvalue weighted by molar-refractivity contribution is 7.80. The van der Waals surface area contributed by atoms with Gasteiger partial charge in [-0.1, -0.05) is 47.5 Å². The highest BCUT2D eigenvalue weighted by Gasteiger charge is 2.36. The molecule has 2 aromatic rings. The van der Waals surface area contributed by atoms with E-state index in [0.29, 0.717) is 16.3 Å². The van der Waals surface area contributed by atoms with Crippen LogP contribution in [0.1, 0.15) is 56.0 Å². The maximum Gasteiger partial charge on any atom is 0.408 e. The summed E-state index contributed by atoms with van der Waals surface area (Å²) in [6.45, 7) is 12.9. The van der Waals surface area contributed by atoms with Crippen molar-refractivity contribution in [3.8, 4) is 0 Å². The Morgan fingerprint density at radius 3 is 2.31 bits per heavy atom. The highest BCUT2D eigenvalue weighted by atomic mass is 35.5. The first-order valence-electron chi connectivity index (χ1n) is 11.8. The summed E-state index contributed by atoms with van der Waals surface area (Å²) < 4.78 is 5.32. The fourth-order valence-corrected chi connectivity index (χ4v) is 4.30. The van der Waals surface area contributed by atoms with Crippen LogP contribution in [0.2, 0.25) is 5.02 Å². The molecular weight excluding hydrogens is 498 g/mol. The molecule has 9 heteroatoms. The monoisotopic (exact) mass is 533 g/mol. The molecule has 3 amide bonds. The van der Waals surface area contributed by atoms with Gasteiger partial charge in [-0.05, 0) is 71.2 Å². The average molecular weight is 534 g/mol. The summed E-state index contributed by atoms with van der Waals surface area (Å²) in [5.74, 6) is -0.833. The normalized spacial score (nSPS) is 12.9. The molecule has 2 unspecified atom stereocenters. The SMILES string of the molecule is CCN(C(=O)C(CS)NC(=O)OC(C)(C)C)C(C(=O)Nc1c(C)cccc1Cl)c1cc(C)ccc1C. The molecule has 0 spiro atoms. The van der Waals surface area contributed by atoms with Crippen molar-refractivity contribution >= 4 is 47.8 Å². The third-order valence-corrected chi connectivity index (χ3v) is 6.24. The van der Waals surface area contributed by atoms with Gasteiger partial charge in [-0.25, -0.2) is 4.79 Å². The summed E-state index contributed by atoms with van der Waals surface area (Å²) >= 11 is 10.7. The number of hydrogen-bond donors (Lipinski definition) is 3. The van der Waals surface area contributed by atoms with E-state index >= 15 is 0 Å². The summed E-state index contributed by atoms with van der Waals surface area (Å²) in [6.07, 6.45) is -0.731. The Labute approximate surface area is 224 Å². The number of carbonyl (C=O) groups is 3. The van der Waals surface area contributed by atoms with Crippen molar-refractivity contribution < 1.29 is 19.1 Å². The van der Waals surface area contributed by atoms with Crippen LogP contribution in [-0.2, 0) is 14.3 Å². The molecule has 2 rings (SSSR count). The lowest BCUT2D eigenvalue weighted by atomic mass is 9.96. The zero-order valence-corrected chi connectivity index (χ0v) is 23.6. The molecule has 2 aromatic carbocycles. The van der Waals surface area contributed by atoms with Gasteiger partial charge in [0.2, 0.25) is 5.91 Å². The average Bonchev–Trinajstić information content (AvgIpc) is 2.78. The molecule has 196 valence electrons. The predicted octanol–water partition coefficient (Wildman–Crippen LogP) is 5.62. The Kier molecular flexibility index (Phi) is 10.3. The van der Waals surface area contributed by atoms with Crippen LogP contribution < -0.4 is 10.6 Å². The maximum atomic E-state index is 13.8. The standard InChI is InChI=1S/C27H36ClN3O4S/c1-8-31(25(33)21(15-36)29-26(34)35-27(5,6)7)23(19-14-16(2)12-13-17(19)3)24(32)30-22-18(4)10-9-11-20(22)28/h9-14,21,23,36H,8,15H2,1-7H3,(H,29,34)(H,30,32). The van der Waals surface area contributed by atoms with Crippen molar-refractivity contribution in [2.24, 2.45) is 0 Å². The van der Waals surface area contributed by atoms with E-state index in [-0.39, 0.29) is 12.3 Å². The van der Waals surface area contributed by atoms with E-state index in [4.69, 9.17) is 16.3 Å². The van der Waals surface area contributed by atoms with E-state index in [2.05, 4.69) is 23.3 Å². The zero-order chi connectivity index (χ0) is 27.2. The van der Waals surface area contributed by atoms with Crippen LogP contribution in [0.15, 0.2) is 36.4 Å². The lowest BCUT2D eigenvalue weighted by molar-refractivity contribution is -0.140. The Morgan fingerprint density at radius 1 is 1.08 bits per heavy atom. The van der Waals surface area contributed by atoms with E-state index in [9.17, 15) is 14.4 Å². The molecule has 0 saturated heterocycles. The zero-order valence-electron chi connectivity index (χ0n) is 21.9. The second-order valence-corrected chi connectivity index (χ2v) is 10.5. The molecular formula is C27H36ClN3O4S. The molecule has 2 N–H and O–H groups in total. The number of likely N-dealkylation sites (N-methyl/N-ethyl adjacent to an activating group) is 1. The number of halogens is 1. The number of ether oxygens (including phenoxy) is 1. The van der Waals surface area contributed by atoms with Crippen molar-refractivity contribution in [2.75, 3.05) is 17.6 Å². The third kappa shape index (κ3) is 7.64. The highest BCUT2D eigenvalue weighted by Crippen LogP contribution is 2.31. The molecule has 0 saturated carbocycles. The summed E-state index contributed by atoms with van der Waals surface area (Å²) in [5.41, 5.74) is 3.04. The van der Waals surface area contributed by atoms with Crippen molar-refractivity contribution in [1.29, 1.82) is 0 Å². The van der Waals surface area contributed by atoms with E-state index < -0.39 is 35.6 Å². The van der Waals surface area contributed by atoms with Gasteiger partial charge in [0.1, 0.15) is 17.7 Å². The largest absolute Gasteiger partial charge is 0.444 e. The first kappa shape index (κ1) is 29.5. The minimum absolute atomic E-state index is 0.0271. The molecule has 7 nitrogen and oxygen atoms in total. The summed E-state index contributed by atoms with van der Waals surface area (Å²) in [7, 11) is 0. The number of nitrogens with one attached hydrogen (secondary N) is 2. The van der Waals surface area contributed by atoms with Crippen molar-refractivity contribution in [3.05, 3.63) is 63.7 Å². The van der Waals surface area contributed by atoms with Gasteiger partial charge in [-0.3, -0.25) is 9.59 Å². The van der Waals surface area contributed by atoms with Gasteiger partial charge in [-0.15, -0.1) is 0 Å². The van der Waals surface area contributed by atoms with Crippen molar-refractivity contribution in [1.82, 2.24) is 10.2 Å². The molecule has 0 fully saturated rings. The Morgan fingerprint density at radius 2 is 1.75 bits per heavy atom. The minimum atomic E-state index is -0.995. The quantitative estimate of drug-likeness (QED) is 0.384. The van der Waals surface area contributed by atoms with E-state index in [1.165, 1.54) is 4.90 Å². The molecule has 0 radical (unpaired) electrons. The Bertz CT molecular complexity index is 1100. The number of nitrogens with zero attached hydrogens (tertiary/aromatic N) is 1. The summed E-state index contributed by atoms with van der Waals surface area (Å²) in [4.78, 5) is 41.4. The number of hydrogen-bond acceptors (Lipinski definition) is 5. The van der Waals surface area contributed by atoms with Gasteiger partial charge in [0.25, 0.3) is 5.91 Å². The summed E-state index contributed by atoms with van der Waals surface area (Å²) in [5, 5.41) is 5.92.